The molecule has 0 radical (unpaired) electrons. The smallest absolute Gasteiger partial charge is 0.155 e. The van der Waals surface area contributed by atoms with Gasteiger partial charge >= 0.3 is 0 Å². The predicted molar refractivity (Wildman–Crippen MR) is 225 cm³/mol. The molecule has 1 spiro atoms. The summed E-state index contributed by atoms with van der Waals surface area (Å²) in [5.41, 5.74) is 17.8. The summed E-state index contributed by atoms with van der Waals surface area (Å²) in [7, 11) is 0. The van der Waals surface area contributed by atoms with E-state index in [0.717, 1.165) is 44.5 Å². The van der Waals surface area contributed by atoms with Gasteiger partial charge in [0.1, 0.15) is 11.1 Å². The molecule has 0 aliphatic heterocycles. The van der Waals surface area contributed by atoms with Gasteiger partial charge in [-0.3, -0.25) is 0 Å². The molecule has 2 aliphatic rings. The van der Waals surface area contributed by atoms with Gasteiger partial charge < -0.3 is 9.32 Å². The van der Waals surface area contributed by atoms with Crippen LogP contribution in [0.4, 0.5) is 17.1 Å². The van der Waals surface area contributed by atoms with Gasteiger partial charge in [-0.2, -0.15) is 0 Å². The van der Waals surface area contributed by atoms with E-state index in [0.29, 0.717) is 0 Å². The monoisotopic (exact) mass is 700 g/mol. The summed E-state index contributed by atoms with van der Waals surface area (Å²) in [6, 6.07) is 68.1. The Kier molecular flexibility index (Phi) is 6.26. The van der Waals surface area contributed by atoms with Crippen molar-refractivity contribution in [1.29, 1.82) is 0 Å². The first-order valence-corrected chi connectivity index (χ1v) is 18.9. The molecule has 0 saturated carbocycles. The van der Waals surface area contributed by atoms with Gasteiger partial charge in [-0.25, -0.2) is 4.98 Å². The summed E-state index contributed by atoms with van der Waals surface area (Å²) < 4.78 is 6.61. The number of aromatic nitrogens is 1. The number of nitrogens with zero attached hydrogens (tertiary/aromatic N) is 2. The Labute approximate surface area is 318 Å². The maximum atomic E-state index is 6.61. The van der Waals surface area contributed by atoms with Crippen LogP contribution in [0, 0.1) is 0 Å². The number of hydrogen-bond acceptors (Lipinski definition) is 3. The Balaban J connectivity index is 1.13. The number of hydrogen-bond donors (Lipinski definition) is 0. The summed E-state index contributed by atoms with van der Waals surface area (Å²) in [4.78, 5) is 7.56. The van der Waals surface area contributed by atoms with Crippen LogP contribution >= 0.6 is 0 Å². The maximum absolute atomic E-state index is 6.61. The van der Waals surface area contributed by atoms with E-state index >= 15 is 0 Å². The second-order valence-corrected chi connectivity index (χ2v) is 14.6. The van der Waals surface area contributed by atoms with E-state index in [2.05, 4.69) is 193 Å². The van der Waals surface area contributed by atoms with Gasteiger partial charge in [0.15, 0.2) is 5.58 Å². The van der Waals surface area contributed by atoms with Gasteiger partial charge in [0.25, 0.3) is 0 Å². The summed E-state index contributed by atoms with van der Waals surface area (Å²) in [6.07, 6.45) is 2.01. The zero-order chi connectivity index (χ0) is 36.1. The molecule has 10 aromatic rings. The average Bonchev–Trinajstić information content (AvgIpc) is 3.89. The van der Waals surface area contributed by atoms with Crippen molar-refractivity contribution in [3.05, 3.63) is 217 Å². The highest BCUT2D eigenvalue weighted by molar-refractivity contribution is 6.17. The molecule has 12 rings (SSSR count). The molecular formula is C52H32N2O. The lowest BCUT2D eigenvalue weighted by molar-refractivity contribution is 0.668. The van der Waals surface area contributed by atoms with Crippen molar-refractivity contribution in [3.63, 3.8) is 0 Å². The van der Waals surface area contributed by atoms with Gasteiger partial charge in [0.2, 0.25) is 0 Å². The minimum Gasteiger partial charge on any atom is -0.454 e. The van der Waals surface area contributed by atoms with E-state index in [9.17, 15) is 0 Å². The summed E-state index contributed by atoms with van der Waals surface area (Å²) >= 11 is 0. The van der Waals surface area contributed by atoms with Gasteiger partial charge in [0, 0.05) is 17.3 Å². The number of pyridine rings is 1. The van der Waals surface area contributed by atoms with Gasteiger partial charge in [-0.1, -0.05) is 158 Å². The Bertz CT molecular complexity index is 3110. The molecule has 0 fully saturated rings. The highest BCUT2D eigenvalue weighted by Crippen LogP contribution is 2.64. The van der Waals surface area contributed by atoms with Crippen LogP contribution in [0.3, 0.4) is 0 Å². The molecule has 3 nitrogen and oxygen atoms in total. The Morgan fingerprint density at radius 1 is 0.455 bits per heavy atom. The fourth-order valence-corrected chi connectivity index (χ4v) is 9.69. The summed E-state index contributed by atoms with van der Waals surface area (Å²) in [5, 5.41) is 3.37. The number of fused-ring (bicyclic) bond motifs is 15. The molecular weight excluding hydrogens is 669 g/mol. The molecule has 256 valence electrons. The number of anilines is 3. The molecule has 0 bridgehead atoms. The van der Waals surface area contributed by atoms with Crippen LogP contribution in [-0.2, 0) is 5.41 Å². The molecule has 2 heterocycles. The molecule has 2 aromatic heterocycles. The van der Waals surface area contributed by atoms with Crippen LogP contribution in [0.25, 0.3) is 66.2 Å². The SMILES string of the molecule is c1ccc(-c2ccc(N(c3cnc4c(c3)oc3ccc5ccccc5c34)c3cccc4c3-c3ccccc3C43c4ccccc4-c4ccccc43)cc2)cc1. The van der Waals surface area contributed by atoms with Crippen molar-refractivity contribution in [3.8, 4) is 33.4 Å². The van der Waals surface area contributed by atoms with Crippen LogP contribution in [-0.4, -0.2) is 4.98 Å². The Hall–Kier alpha value is -7.23. The lowest BCUT2D eigenvalue weighted by atomic mass is 9.70. The van der Waals surface area contributed by atoms with E-state index < -0.39 is 5.41 Å². The highest BCUT2D eigenvalue weighted by atomic mass is 16.3. The Morgan fingerprint density at radius 3 is 1.84 bits per heavy atom. The zero-order valence-corrected chi connectivity index (χ0v) is 29.8. The summed E-state index contributed by atoms with van der Waals surface area (Å²) in [5.74, 6) is 0. The average molecular weight is 701 g/mol. The van der Waals surface area contributed by atoms with E-state index in [1.54, 1.807) is 0 Å². The van der Waals surface area contributed by atoms with Crippen molar-refractivity contribution in [2.45, 2.75) is 5.41 Å². The van der Waals surface area contributed by atoms with Gasteiger partial charge in [0.05, 0.1) is 28.4 Å². The zero-order valence-electron chi connectivity index (χ0n) is 29.8. The van der Waals surface area contributed by atoms with E-state index in [1.165, 1.54) is 61.0 Å². The summed E-state index contributed by atoms with van der Waals surface area (Å²) in [6.45, 7) is 0. The largest absolute Gasteiger partial charge is 0.454 e. The molecule has 55 heavy (non-hydrogen) atoms. The van der Waals surface area contributed by atoms with Crippen LogP contribution < -0.4 is 4.90 Å². The number of benzene rings is 8. The van der Waals surface area contributed by atoms with Gasteiger partial charge in [-0.05, 0) is 85.1 Å². The predicted octanol–water partition coefficient (Wildman–Crippen LogP) is 13.6. The van der Waals surface area contributed by atoms with E-state index in [-0.39, 0.29) is 0 Å². The lowest BCUT2D eigenvalue weighted by Gasteiger charge is -2.31. The van der Waals surface area contributed by atoms with Crippen molar-refractivity contribution in [1.82, 2.24) is 4.98 Å². The molecule has 3 heteroatoms. The van der Waals surface area contributed by atoms with E-state index in [1.807, 2.05) is 6.20 Å². The third kappa shape index (κ3) is 4.12. The quantitative estimate of drug-likeness (QED) is 0.183. The minimum atomic E-state index is -0.444. The fraction of sp³-hybridized carbons (Fsp3) is 0.0192. The molecule has 0 saturated heterocycles. The first-order chi connectivity index (χ1) is 27.3. The third-order valence-corrected chi connectivity index (χ3v) is 11.9. The molecule has 0 atom stereocenters. The van der Waals surface area contributed by atoms with E-state index in [4.69, 9.17) is 9.40 Å². The Morgan fingerprint density at radius 2 is 1.07 bits per heavy atom. The second kappa shape index (κ2) is 11.4. The van der Waals surface area contributed by atoms with Crippen LogP contribution in [0.2, 0.25) is 0 Å². The highest BCUT2D eigenvalue weighted by Gasteiger charge is 2.52. The number of furan rings is 1. The lowest BCUT2D eigenvalue weighted by Crippen LogP contribution is -2.26. The minimum absolute atomic E-state index is 0.444. The molecule has 2 aliphatic carbocycles. The van der Waals surface area contributed by atoms with Crippen LogP contribution in [0.5, 0.6) is 0 Å². The second-order valence-electron chi connectivity index (χ2n) is 14.6. The third-order valence-electron chi connectivity index (χ3n) is 11.9. The molecule has 0 amide bonds. The maximum Gasteiger partial charge on any atom is 0.155 e. The molecule has 0 N–H and O–H groups in total. The fourth-order valence-electron chi connectivity index (χ4n) is 9.69. The van der Waals surface area contributed by atoms with Crippen molar-refractivity contribution < 1.29 is 4.42 Å². The molecule has 8 aromatic carbocycles. The standard InChI is InChI=1S/C52H32N2O/c1-2-13-33(14-3-1)34-25-28-36(29-26-34)54(37-31-48-51(53-32-37)50-38-16-5-4-15-35(38)27-30-47(50)55-48)46-24-12-23-45-49(46)41-19-8-11-22-44(41)52(45)42-20-9-6-17-39(42)40-18-7-10-21-43(40)52/h1-32H. The topological polar surface area (TPSA) is 29.3 Å². The first-order valence-electron chi connectivity index (χ1n) is 18.9. The first kappa shape index (κ1) is 30.3. The molecule has 0 unspecified atom stereocenters. The van der Waals surface area contributed by atoms with Crippen molar-refractivity contribution in [2.75, 3.05) is 4.90 Å². The van der Waals surface area contributed by atoms with Crippen molar-refractivity contribution >= 4 is 49.9 Å². The van der Waals surface area contributed by atoms with Crippen molar-refractivity contribution in [2.24, 2.45) is 0 Å². The van der Waals surface area contributed by atoms with Crippen LogP contribution in [0.15, 0.2) is 199 Å². The van der Waals surface area contributed by atoms with Crippen LogP contribution in [0.1, 0.15) is 22.3 Å². The number of rotatable bonds is 4. The normalized spacial score (nSPS) is 13.2. The van der Waals surface area contributed by atoms with Gasteiger partial charge in [-0.15, -0.1) is 0 Å².